The third-order valence-electron chi connectivity index (χ3n) is 3.35. The van der Waals surface area contributed by atoms with Crippen LogP contribution in [0.4, 0.5) is 0 Å². The molecule has 1 rings (SSSR count). The molecule has 1 aliphatic rings. The second-order valence-corrected chi connectivity index (χ2v) is 4.93. The van der Waals surface area contributed by atoms with Crippen LogP contribution in [0.3, 0.4) is 0 Å². The van der Waals surface area contributed by atoms with Crippen molar-refractivity contribution in [1.29, 1.82) is 0 Å². The average Bonchev–Trinajstić information content (AvgIpc) is 2.89. The van der Waals surface area contributed by atoms with Crippen LogP contribution in [0.1, 0.15) is 26.2 Å². The van der Waals surface area contributed by atoms with E-state index in [2.05, 4.69) is 20.1 Å². The van der Waals surface area contributed by atoms with Crippen LogP contribution in [0.2, 0.25) is 0 Å². The minimum Gasteiger partial charge on any atom is -0.469 e. The molecule has 0 bridgehead atoms. The van der Waals surface area contributed by atoms with Crippen LogP contribution in [0, 0.1) is 5.92 Å². The Hall–Kier alpha value is -2.12. The molecule has 21 heavy (non-hydrogen) atoms. The Labute approximate surface area is 122 Å². The summed E-state index contributed by atoms with van der Waals surface area (Å²) in [6.07, 6.45) is 0.621. The van der Waals surface area contributed by atoms with Gasteiger partial charge in [0.05, 0.1) is 20.6 Å². The van der Waals surface area contributed by atoms with Gasteiger partial charge in [-0.3, -0.25) is 14.4 Å². The van der Waals surface area contributed by atoms with Gasteiger partial charge in [-0.1, -0.05) is 6.92 Å². The van der Waals surface area contributed by atoms with Gasteiger partial charge < -0.3 is 20.1 Å². The Morgan fingerprint density at radius 2 is 2.00 bits per heavy atom. The Morgan fingerprint density at radius 3 is 2.48 bits per heavy atom. The summed E-state index contributed by atoms with van der Waals surface area (Å²) in [4.78, 5) is 46.2. The number of hydrogen-bond acceptors (Lipinski definition) is 6. The van der Waals surface area contributed by atoms with Crippen molar-refractivity contribution >= 4 is 23.8 Å². The number of ether oxygens (including phenoxy) is 2. The monoisotopic (exact) mass is 300 g/mol. The van der Waals surface area contributed by atoms with Crippen LogP contribution in [0.5, 0.6) is 0 Å². The molecule has 0 aliphatic carbocycles. The molecule has 118 valence electrons. The number of rotatable bonds is 6. The van der Waals surface area contributed by atoms with Crippen LogP contribution in [-0.4, -0.2) is 50.1 Å². The van der Waals surface area contributed by atoms with Gasteiger partial charge in [0.15, 0.2) is 0 Å². The number of carbonyl (C=O) groups excluding carboxylic acids is 4. The second-order valence-electron chi connectivity index (χ2n) is 4.93. The van der Waals surface area contributed by atoms with Crippen LogP contribution in [0.25, 0.3) is 0 Å². The molecule has 1 fully saturated rings. The van der Waals surface area contributed by atoms with E-state index in [0.717, 1.165) is 0 Å². The van der Waals surface area contributed by atoms with Gasteiger partial charge in [-0.05, 0) is 12.3 Å². The molecule has 0 unspecified atom stereocenters. The first-order valence-electron chi connectivity index (χ1n) is 6.63. The molecule has 2 amide bonds. The Kier molecular flexibility index (Phi) is 6.13. The smallest absolute Gasteiger partial charge is 0.328 e. The van der Waals surface area contributed by atoms with E-state index >= 15 is 0 Å². The fraction of sp³-hybridized carbons (Fsp3) is 0.692. The van der Waals surface area contributed by atoms with Crippen molar-refractivity contribution in [3.8, 4) is 0 Å². The molecule has 0 saturated carbocycles. The maximum Gasteiger partial charge on any atom is 0.328 e. The lowest BCUT2D eigenvalue weighted by Crippen LogP contribution is -2.51. The first kappa shape index (κ1) is 16.9. The van der Waals surface area contributed by atoms with Crippen molar-refractivity contribution < 1.29 is 28.7 Å². The largest absolute Gasteiger partial charge is 0.469 e. The van der Waals surface area contributed by atoms with Gasteiger partial charge in [-0.2, -0.15) is 0 Å². The Bertz CT molecular complexity index is 436. The highest BCUT2D eigenvalue weighted by molar-refractivity contribution is 5.93. The molecular weight excluding hydrogens is 280 g/mol. The quantitative estimate of drug-likeness (QED) is 0.616. The predicted octanol–water partition coefficient (Wildman–Crippen LogP) is -0.878. The van der Waals surface area contributed by atoms with Gasteiger partial charge in [0.2, 0.25) is 11.8 Å². The van der Waals surface area contributed by atoms with E-state index in [-0.39, 0.29) is 18.7 Å². The highest BCUT2D eigenvalue weighted by Gasteiger charge is 2.34. The van der Waals surface area contributed by atoms with Crippen molar-refractivity contribution in [2.45, 2.75) is 38.3 Å². The molecule has 8 heteroatoms. The molecule has 1 aliphatic heterocycles. The van der Waals surface area contributed by atoms with Crippen molar-refractivity contribution in [3.63, 3.8) is 0 Å². The maximum atomic E-state index is 12.0. The third-order valence-corrected chi connectivity index (χ3v) is 3.35. The second kappa shape index (κ2) is 7.61. The lowest BCUT2D eigenvalue weighted by molar-refractivity contribution is -0.148. The summed E-state index contributed by atoms with van der Waals surface area (Å²) in [6.45, 7) is 1.63. The minimum absolute atomic E-state index is 0.0342. The SMILES string of the molecule is COC(=O)C[C@H](C)[C@H](NC(=O)[C@@H]1CCC(=O)N1)C(=O)OC. The van der Waals surface area contributed by atoms with Gasteiger partial charge in [0, 0.05) is 6.42 Å². The zero-order valence-corrected chi connectivity index (χ0v) is 12.3. The van der Waals surface area contributed by atoms with Crippen LogP contribution < -0.4 is 10.6 Å². The van der Waals surface area contributed by atoms with Crippen LogP contribution in [0.15, 0.2) is 0 Å². The lowest BCUT2D eigenvalue weighted by atomic mass is 9.97. The number of esters is 2. The fourth-order valence-electron chi connectivity index (χ4n) is 2.09. The normalized spacial score (nSPS) is 20.1. The van der Waals surface area contributed by atoms with E-state index in [1.807, 2.05) is 0 Å². The van der Waals surface area contributed by atoms with Crippen molar-refractivity contribution in [3.05, 3.63) is 0 Å². The van der Waals surface area contributed by atoms with Crippen LogP contribution >= 0.6 is 0 Å². The average molecular weight is 300 g/mol. The van der Waals surface area contributed by atoms with Gasteiger partial charge in [-0.25, -0.2) is 4.79 Å². The molecule has 0 aromatic heterocycles. The molecule has 8 nitrogen and oxygen atoms in total. The van der Waals surface area contributed by atoms with E-state index in [9.17, 15) is 19.2 Å². The van der Waals surface area contributed by atoms with E-state index in [4.69, 9.17) is 0 Å². The summed E-state index contributed by atoms with van der Waals surface area (Å²) in [5.74, 6) is -2.30. The van der Waals surface area contributed by atoms with E-state index in [1.54, 1.807) is 6.92 Å². The van der Waals surface area contributed by atoms with E-state index in [0.29, 0.717) is 6.42 Å². The van der Waals surface area contributed by atoms with Gasteiger partial charge >= 0.3 is 11.9 Å². The first-order chi connectivity index (χ1) is 9.88. The summed E-state index contributed by atoms with van der Waals surface area (Å²) in [7, 11) is 2.44. The van der Waals surface area contributed by atoms with Crippen LogP contribution in [-0.2, 0) is 28.7 Å². The van der Waals surface area contributed by atoms with Crippen molar-refractivity contribution in [2.75, 3.05) is 14.2 Å². The molecule has 0 spiro atoms. The summed E-state index contributed by atoms with van der Waals surface area (Å²) in [6, 6.07) is -1.63. The molecule has 1 saturated heterocycles. The Balaban J connectivity index is 2.69. The molecule has 2 N–H and O–H groups in total. The zero-order valence-electron chi connectivity index (χ0n) is 12.3. The van der Waals surface area contributed by atoms with Gasteiger partial charge in [-0.15, -0.1) is 0 Å². The number of hydrogen-bond donors (Lipinski definition) is 2. The highest BCUT2D eigenvalue weighted by Crippen LogP contribution is 2.13. The van der Waals surface area contributed by atoms with E-state index < -0.39 is 35.8 Å². The minimum atomic E-state index is -0.973. The maximum absolute atomic E-state index is 12.0. The van der Waals surface area contributed by atoms with Gasteiger partial charge in [0.1, 0.15) is 12.1 Å². The third kappa shape index (κ3) is 4.73. The molecular formula is C13H20N2O6. The molecule has 3 atom stereocenters. The fourth-order valence-corrected chi connectivity index (χ4v) is 2.09. The number of methoxy groups -OCH3 is 2. The predicted molar refractivity (Wildman–Crippen MR) is 70.9 cm³/mol. The molecule has 1 heterocycles. The zero-order chi connectivity index (χ0) is 16.0. The summed E-state index contributed by atoms with van der Waals surface area (Å²) in [5, 5.41) is 5.04. The standard InChI is InChI=1S/C13H20N2O6/c1-7(6-10(17)20-2)11(13(19)21-3)15-12(18)8-4-5-9(16)14-8/h7-8,11H,4-6H2,1-3H3,(H,14,16)(H,15,18)/t7-,8-,11-/m0/s1. The van der Waals surface area contributed by atoms with Gasteiger partial charge in [0.25, 0.3) is 0 Å². The summed E-state index contributed by atoms with van der Waals surface area (Å²) < 4.78 is 9.18. The molecule has 0 aromatic carbocycles. The molecule has 0 aromatic rings. The lowest BCUT2D eigenvalue weighted by Gasteiger charge is -2.23. The number of carbonyl (C=O) groups is 4. The highest BCUT2D eigenvalue weighted by atomic mass is 16.5. The first-order valence-corrected chi connectivity index (χ1v) is 6.63. The number of amides is 2. The molecule has 0 radical (unpaired) electrons. The van der Waals surface area contributed by atoms with Crippen molar-refractivity contribution in [2.24, 2.45) is 5.92 Å². The van der Waals surface area contributed by atoms with E-state index in [1.165, 1.54) is 14.2 Å². The van der Waals surface area contributed by atoms with Crippen molar-refractivity contribution in [1.82, 2.24) is 10.6 Å². The summed E-state index contributed by atoms with van der Waals surface area (Å²) in [5.41, 5.74) is 0. The summed E-state index contributed by atoms with van der Waals surface area (Å²) >= 11 is 0. The Morgan fingerprint density at radius 1 is 1.33 bits per heavy atom. The number of nitrogens with one attached hydrogen (secondary N) is 2. The topological polar surface area (TPSA) is 111 Å².